The van der Waals surface area contributed by atoms with Gasteiger partial charge in [-0.05, 0) is 40.2 Å². The van der Waals surface area contributed by atoms with Gasteiger partial charge in [-0.3, -0.25) is 9.48 Å². The van der Waals surface area contributed by atoms with E-state index in [1.807, 2.05) is 0 Å². The summed E-state index contributed by atoms with van der Waals surface area (Å²) in [5.74, 6) is -1.21. The number of rotatable bonds is 4. The summed E-state index contributed by atoms with van der Waals surface area (Å²) in [7, 11) is 3.24. The number of furan rings is 1. The van der Waals surface area contributed by atoms with Crippen LogP contribution in [0.15, 0.2) is 45.6 Å². The Hall–Kier alpha value is -2.48. The number of hydrogen-bond acceptors (Lipinski definition) is 3. The Kier molecular flexibility index (Phi) is 4.71. The Morgan fingerprint density at radius 3 is 2.72 bits per heavy atom. The molecule has 0 fully saturated rings. The largest absolute Gasteiger partial charge is 0.452 e. The lowest BCUT2D eigenvalue weighted by Crippen LogP contribution is -2.26. The highest BCUT2D eigenvalue weighted by Crippen LogP contribution is 2.26. The van der Waals surface area contributed by atoms with Crippen molar-refractivity contribution in [3.8, 4) is 11.3 Å². The summed E-state index contributed by atoms with van der Waals surface area (Å²) in [6.07, 6.45) is 1.51. The predicted octanol–water partition coefficient (Wildman–Crippen LogP) is 3.99. The summed E-state index contributed by atoms with van der Waals surface area (Å²) >= 11 is 3.21. The van der Waals surface area contributed by atoms with Gasteiger partial charge in [0.2, 0.25) is 0 Å². The molecule has 8 heteroatoms. The van der Waals surface area contributed by atoms with E-state index in [0.29, 0.717) is 10.4 Å². The average molecular weight is 410 g/mol. The zero-order valence-corrected chi connectivity index (χ0v) is 15.0. The fourth-order valence-electron chi connectivity index (χ4n) is 2.47. The van der Waals surface area contributed by atoms with Crippen molar-refractivity contribution >= 4 is 21.8 Å². The van der Waals surface area contributed by atoms with Crippen molar-refractivity contribution in [3.63, 3.8) is 0 Å². The highest BCUT2D eigenvalue weighted by molar-refractivity contribution is 9.10. The Labute approximate surface area is 151 Å². The van der Waals surface area contributed by atoms with Gasteiger partial charge in [0.05, 0.1) is 12.1 Å². The number of amides is 1. The number of aryl methyl sites for hydroxylation is 1. The Morgan fingerprint density at radius 1 is 1.32 bits per heavy atom. The molecule has 0 aliphatic rings. The van der Waals surface area contributed by atoms with Crippen LogP contribution in [0.2, 0.25) is 0 Å². The third-order valence-corrected chi connectivity index (χ3v) is 4.04. The van der Waals surface area contributed by atoms with Gasteiger partial charge in [-0.2, -0.15) is 5.10 Å². The molecule has 5 nitrogen and oxygen atoms in total. The van der Waals surface area contributed by atoms with Crippen molar-refractivity contribution in [1.82, 2.24) is 14.7 Å². The monoisotopic (exact) mass is 409 g/mol. The number of aromatic nitrogens is 2. The molecule has 1 aromatic carbocycles. The van der Waals surface area contributed by atoms with Crippen molar-refractivity contribution in [2.24, 2.45) is 7.05 Å². The summed E-state index contributed by atoms with van der Waals surface area (Å²) in [5.41, 5.74) is 0.457. The topological polar surface area (TPSA) is 51.3 Å². The fraction of sp³-hybridized carbons (Fsp3) is 0.176. The molecule has 0 aliphatic heterocycles. The van der Waals surface area contributed by atoms with Crippen LogP contribution in [0, 0.1) is 11.6 Å². The van der Waals surface area contributed by atoms with Gasteiger partial charge < -0.3 is 9.32 Å². The van der Waals surface area contributed by atoms with Crippen LogP contribution in [0.25, 0.3) is 11.3 Å². The SMILES string of the molecule is CN(Cc1ccc(Br)o1)C(=O)c1cn(C)nc1-c1ccc(F)cc1F. The minimum Gasteiger partial charge on any atom is -0.452 e. The molecule has 0 unspecified atom stereocenters. The van der Waals surface area contributed by atoms with Crippen molar-refractivity contribution in [2.75, 3.05) is 7.05 Å². The number of carbonyl (C=O) groups excluding carboxylic acids is 1. The van der Waals surface area contributed by atoms with Gasteiger partial charge in [0.1, 0.15) is 23.1 Å². The molecule has 0 saturated heterocycles. The van der Waals surface area contributed by atoms with Crippen LogP contribution in [0.4, 0.5) is 8.78 Å². The number of benzene rings is 1. The van der Waals surface area contributed by atoms with Crippen LogP contribution < -0.4 is 0 Å². The quantitative estimate of drug-likeness (QED) is 0.654. The first-order chi connectivity index (χ1) is 11.8. The van der Waals surface area contributed by atoms with Crippen LogP contribution >= 0.6 is 15.9 Å². The summed E-state index contributed by atoms with van der Waals surface area (Å²) in [6, 6.07) is 6.65. The van der Waals surface area contributed by atoms with E-state index in [2.05, 4.69) is 21.0 Å². The summed E-state index contributed by atoms with van der Waals surface area (Å²) in [4.78, 5) is 14.2. The lowest BCUT2D eigenvalue weighted by Gasteiger charge is -2.15. The molecule has 2 heterocycles. The average Bonchev–Trinajstić information content (AvgIpc) is 3.12. The third-order valence-electron chi connectivity index (χ3n) is 3.61. The number of halogens is 3. The van der Waals surface area contributed by atoms with Crippen molar-refractivity contribution < 1.29 is 18.0 Å². The highest BCUT2D eigenvalue weighted by Gasteiger charge is 2.23. The van der Waals surface area contributed by atoms with Crippen LogP contribution in [0.1, 0.15) is 16.1 Å². The van der Waals surface area contributed by atoms with Gasteiger partial charge in [0.25, 0.3) is 5.91 Å². The molecule has 3 aromatic rings. The minimum absolute atomic E-state index is 0.0690. The molecule has 0 bridgehead atoms. The molecule has 3 rings (SSSR count). The second kappa shape index (κ2) is 6.79. The van der Waals surface area contributed by atoms with E-state index in [1.165, 1.54) is 21.8 Å². The molecule has 130 valence electrons. The lowest BCUT2D eigenvalue weighted by atomic mass is 10.1. The molecular weight excluding hydrogens is 396 g/mol. The Morgan fingerprint density at radius 2 is 2.08 bits per heavy atom. The summed E-state index contributed by atoms with van der Waals surface area (Å²) in [6.45, 7) is 0.241. The van der Waals surface area contributed by atoms with Gasteiger partial charge in [0, 0.05) is 31.9 Å². The molecule has 0 atom stereocenters. The van der Waals surface area contributed by atoms with Gasteiger partial charge in [0.15, 0.2) is 4.67 Å². The number of hydrogen-bond donors (Lipinski definition) is 0. The van der Waals surface area contributed by atoms with E-state index >= 15 is 0 Å². The first kappa shape index (κ1) is 17.3. The lowest BCUT2D eigenvalue weighted by molar-refractivity contribution is 0.0775. The normalized spacial score (nSPS) is 10.9. The Balaban J connectivity index is 1.93. The summed E-state index contributed by atoms with van der Waals surface area (Å²) < 4.78 is 34.6. The predicted molar refractivity (Wildman–Crippen MR) is 90.8 cm³/mol. The molecule has 1 amide bonds. The molecule has 0 aliphatic carbocycles. The first-order valence-electron chi connectivity index (χ1n) is 7.34. The van der Waals surface area contributed by atoms with Crippen molar-refractivity contribution in [1.29, 1.82) is 0 Å². The highest BCUT2D eigenvalue weighted by atomic mass is 79.9. The number of nitrogens with zero attached hydrogens (tertiary/aromatic N) is 3. The van der Waals surface area contributed by atoms with E-state index in [1.54, 1.807) is 26.2 Å². The van der Waals surface area contributed by atoms with Crippen LogP contribution in [0.3, 0.4) is 0 Å². The maximum atomic E-state index is 14.1. The zero-order chi connectivity index (χ0) is 18.1. The molecule has 0 radical (unpaired) electrons. The van der Waals surface area contributed by atoms with Crippen LogP contribution in [0.5, 0.6) is 0 Å². The number of carbonyl (C=O) groups is 1. The van der Waals surface area contributed by atoms with Crippen molar-refractivity contribution in [3.05, 3.63) is 64.2 Å². The maximum absolute atomic E-state index is 14.1. The summed E-state index contributed by atoms with van der Waals surface area (Å²) in [5, 5.41) is 4.16. The third kappa shape index (κ3) is 3.63. The molecule has 25 heavy (non-hydrogen) atoms. The zero-order valence-electron chi connectivity index (χ0n) is 13.5. The van der Waals surface area contributed by atoms with E-state index < -0.39 is 11.6 Å². The second-order valence-electron chi connectivity index (χ2n) is 5.56. The standard InChI is InChI=1S/C17H14BrF2N3O2/c1-22(8-11-4-6-15(18)25-11)17(24)13-9-23(2)21-16(13)12-5-3-10(19)7-14(12)20/h3-7,9H,8H2,1-2H3. The minimum atomic E-state index is -0.773. The van der Waals surface area contributed by atoms with Gasteiger partial charge in [-0.25, -0.2) is 8.78 Å². The maximum Gasteiger partial charge on any atom is 0.257 e. The Bertz CT molecular complexity index is 936. The molecule has 0 N–H and O–H groups in total. The van der Waals surface area contributed by atoms with Crippen LogP contribution in [-0.4, -0.2) is 27.6 Å². The fourth-order valence-corrected chi connectivity index (χ4v) is 2.81. The van der Waals surface area contributed by atoms with Crippen molar-refractivity contribution in [2.45, 2.75) is 6.54 Å². The van der Waals surface area contributed by atoms with E-state index in [4.69, 9.17) is 4.42 Å². The second-order valence-corrected chi connectivity index (χ2v) is 6.34. The first-order valence-corrected chi connectivity index (χ1v) is 8.13. The van der Waals surface area contributed by atoms with Gasteiger partial charge in [-0.1, -0.05) is 0 Å². The molecule has 2 aromatic heterocycles. The van der Waals surface area contributed by atoms with Gasteiger partial charge >= 0.3 is 0 Å². The van der Waals surface area contributed by atoms with Crippen LogP contribution in [-0.2, 0) is 13.6 Å². The van der Waals surface area contributed by atoms with E-state index in [0.717, 1.165) is 12.1 Å². The van der Waals surface area contributed by atoms with E-state index in [-0.39, 0.29) is 29.3 Å². The van der Waals surface area contributed by atoms with E-state index in [9.17, 15) is 13.6 Å². The van der Waals surface area contributed by atoms with Gasteiger partial charge in [-0.15, -0.1) is 0 Å². The molecule has 0 spiro atoms. The molecule has 0 saturated carbocycles. The molecular formula is C17H14BrF2N3O2. The smallest absolute Gasteiger partial charge is 0.257 e.